The topological polar surface area (TPSA) is 60.8 Å². The van der Waals surface area contributed by atoms with Crippen molar-refractivity contribution in [3.63, 3.8) is 0 Å². The molecule has 0 N–H and O–H groups in total. The maximum absolute atomic E-state index is 15.3. The molecular weight excluding hydrogens is 319 g/mol. The fraction of sp³-hybridized carbons (Fsp3) is 0.263. The Balaban J connectivity index is 1.80. The SMILES string of the molecule is Cc1ccnc(Oc2c(C3CCC3)ccc(-c3cnccn3)c2F)n1. The molecule has 1 saturated carbocycles. The lowest BCUT2D eigenvalue weighted by molar-refractivity contribution is 0.370. The molecule has 1 fully saturated rings. The highest BCUT2D eigenvalue weighted by atomic mass is 19.1. The van der Waals surface area contributed by atoms with Crippen molar-refractivity contribution in [3.8, 4) is 23.0 Å². The molecule has 6 heteroatoms. The molecule has 25 heavy (non-hydrogen) atoms. The molecule has 0 radical (unpaired) electrons. The van der Waals surface area contributed by atoms with E-state index in [9.17, 15) is 0 Å². The van der Waals surface area contributed by atoms with Gasteiger partial charge in [0.1, 0.15) is 0 Å². The molecule has 1 aromatic carbocycles. The maximum atomic E-state index is 15.3. The standard InChI is InChI=1S/C19H17FN4O/c1-12-7-8-23-19(24-12)25-18-14(13-3-2-4-13)5-6-15(17(18)20)16-11-21-9-10-22-16/h5-11,13H,2-4H2,1H3. The summed E-state index contributed by atoms with van der Waals surface area (Å²) < 4.78 is 21.1. The fourth-order valence-corrected chi connectivity index (χ4v) is 2.92. The molecule has 2 aromatic heterocycles. The van der Waals surface area contributed by atoms with Crippen molar-refractivity contribution in [1.29, 1.82) is 0 Å². The summed E-state index contributed by atoms with van der Waals surface area (Å²) in [6.07, 6.45) is 9.46. The van der Waals surface area contributed by atoms with E-state index in [0.29, 0.717) is 17.2 Å². The van der Waals surface area contributed by atoms with Gasteiger partial charge >= 0.3 is 6.01 Å². The number of benzene rings is 1. The van der Waals surface area contributed by atoms with Crippen molar-refractivity contribution in [2.75, 3.05) is 0 Å². The molecular formula is C19H17FN4O. The molecule has 0 unspecified atom stereocenters. The number of aromatic nitrogens is 4. The Morgan fingerprint density at radius 2 is 1.96 bits per heavy atom. The Morgan fingerprint density at radius 3 is 2.64 bits per heavy atom. The molecule has 0 amide bonds. The summed E-state index contributed by atoms with van der Waals surface area (Å²) in [5.41, 5.74) is 2.45. The van der Waals surface area contributed by atoms with Crippen molar-refractivity contribution in [3.05, 3.63) is 60.1 Å². The van der Waals surface area contributed by atoms with E-state index < -0.39 is 5.82 Å². The number of nitrogens with zero attached hydrogens (tertiary/aromatic N) is 4. The van der Waals surface area contributed by atoms with E-state index in [2.05, 4.69) is 19.9 Å². The van der Waals surface area contributed by atoms with Gasteiger partial charge in [0.2, 0.25) is 0 Å². The Morgan fingerprint density at radius 1 is 1.08 bits per heavy atom. The van der Waals surface area contributed by atoms with Gasteiger partial charge in [0.15, 0.2) is 11.6 Å². The Hall–Kier alpha value is -2.89. The lowest BCUT2D eigenvalue weighted by Gasteiger charge is -2.28. The molecule has 0 aliphatic heterocycles. The van der Waals surface area contributed by atoms with Gasteiger partial charge < -0.3 is 4.74 Å². The quantitative estimate of drug-likeness (QED) is 0.705. The number of hydrogen-bond acceptors (Lipinski definition) is 5. The molecule has 0 atom stereocenters. The average Bonchev–Trinajstić information content (AvgIpc) is 2.57. The van der Waals surface area contributed by atoms with Gasteiger partial charge in [0, 0.05) is 35.4 Å². The molecule has 0 saturated heterocycles. The van der Waals surface area contributed by atoms with Crippen LogP contribution in [0.2, 0.25) is 0 Å². The lowest BCUT2D eigenvalue weighted by atomic mass is 9.79. The summed E-state index contributed by atoms with van der Waals surface area (Å²) in [4.78, 5) is 16.5. The largest absolute Gasteiger partial charge is 0.421 e. The van der Waals surface area contributed by atoms with E-state index in [1.54, 1.807) is 30.7 Å². The molecule has 3 aromatic rings. The number of aryl methyl sites for hydroxylation is 1. The highest BCUT2D eigenvalue weighted by Gasteiger charge is 2.27. The summed E-state index contributed by atoms with van der Waals surface area (Å²) in [7, 11) is 0. The first-order valence-electron chi connectivity index (χ1n) is 8.28. The van der Waals surface area contributed by atoms with Gasteiger partial charge in [0.25, 0.3) is 0 Å². The zero-order valence-corrected chi connectivity index (χ0v) is 13.8. The minimum atomic E-state index is -0.449. The predicted molar refractivity (Wildman–Crippen MR) is 90.9 cm³/mol. The van der Waals surface area contributed by atoms with Crippen LogP contribution in [0.4, 0.5) is 4.39 Å². The summed E-state index contributed by atoms with van der Waals surface area (Å²) in [6.45, 7) is 1.84. The predicted octanol–water partition coefficient (Wildman–Crippen LogP) is 4.44. The van der Waals surface area contributed by atoms with Crippen LogP contribution in [0.3, 0.4) is 0 Å². The van der Waals surface area contributed by atoms with Crippen molar-refractivity contribution in [2.45, 2.75) is 32.1 Å². The van der Waals surface area contributed by atoms with Crippen LogP contribution in [-0.4, -0.2) is 19.9 Å². The summed E-state index contributed by atoms with van der Waals surface area (Å²) >= 11 is 0. The second-order valence-corrected chi connectivity index (χ2v) is 6.15. The van der Waals surface area contributed by atoms with Gasteiger partial charge in [-0.05, 0) is 37.8 Å². The fourth-order valence-electron chi connectivity index (χ4n) is 2.92. The second-order valence-electron chi connectivity index (χ2n) is 6.15. The summed E-state index contributed by atoms with van der Waals surface area (Å²) in [5.74, 6) is 0.0543. The molecule has 1 aliphatic carbocycles. The first-order chi connectivity index (χ1) is 12.2. The normalized spacial score (nSPS) is 14.2. The zero-order valence-electron chi connectivity index (χ0n) is 13.8. The van der Waals surface area contributed by atoms with E-state index in [1.807, 2.05) is 13.0 Å². The van der Waals surface area contributed by atoms with Gasteiger partial charge in [-0.3, -0.25) is 9.97 Å². The van der Waals surface area contributed by atoms with Crippen LogP contribution in [0.1, 0.15) is 36.4 Å². The number of halogens is 1. The average molecular weight is 336 g/mol. The Bertz CT molecular complexity index is 897. The first-order valence-corrected chi connectivity index (χ1v) is 8.28. The van der Waals surface area contributed by atoms with E-state index in [0.717, 1.165) is 30.5 Å². The van der Waals surface area contributed by atoms with E-state index in [4.69, 9.17) is 4.74 Å². The van der Waals surface area contributed by atoms with E-state index in [1.165, 1.54) is 6.20 Å². The van der Waals surface area contributed by atoms with Crippen LogP contribution in [-0.2, 0) is 0 Å². The van der Waals surface area contributed by atoms with Gasteiger partial charge in [-0.1, -0.05) is 12.5 Å². The van der Waals surface area contributed by atoms with Crippen LogP contribution in [0.15, 0.2) is 43.0 Å². The molecule has 0 bridgehead atoms. The van der Waals surface area contributed by atoms with Crippen molar-refractivity contribution in [1.82, 2.24) is 19.9 Å². The Labute approximate surface area is 145 Å². The molecule has 2 heterocycles. The van der Waals surface area contributed by atoms with Crippen LogP contribution in [0, 0.1) is 12.7 Å². The molecule has 1 aliphatic rings. The summed E-state index contributed by atoms with van der Waals surface area (Å²) in [5, 5.41) is 0. The van der Waals surface area contributed by atoms with Crippen molar-refractivity contribution in [2.24, 2.45) is 0 Å². The molecule has 0 spiro atoms. The van der Waals surface area contributed by atoms with Gasteiger partial charge in [0.05, 0.1) is 11.9 Å². The molecule has 126 valence electrons. The summed E-state index contributed by atoms with van der Waals surface area (Å²) in [6, 6.07) is 5.58. The van der Waals surface area contributed by atoms with Crippen LogP contribution in [0.25, 0.3) is 11.3 Å². The lowest BCUT2D eigenvalue weighted by Crippen LogP contribution is -2.11. The zero-order chi connectivity index (χ0) is 17.2. The number of hydrogen-bond donors (Lipinski definition) is 0. The smallest absolute Gasteiger partial charge is 0.322 e. The van der Waals surface area contributed by atoms with Crippen molar-refractivity contribution >= 4 is 0 Å². The number of rotatable bonds is 4. The highest BCUT2D eigenvalue weighted by molar-refractivity contribution is 5.63. The van der Waals surface area contributed by atoms with Gasteiger partial charge in [-0.25, -0.2) is 14.4 Å². The minimum Gasteiger partial charge on any atom is -0.421 e. The highest BCUT2D eigenvalue weighted by Crippen LogP contribution is 2.44. The maximum Gasteiger partial charge on any atom is 0.322 e. The number of ether oxygens (including phenoxy) is 1. The second kappa shape index (κ2) is 6.55. The first kappa shape index (κ1) is 15.6. The van der Waals surface area contributed by atoms with Gasteiger partial charge in [-0.2, -0.15) is 0 Å². The van der Waals surface area contributed by atoms with Crippen molar-refractivity contribution < 1.29 is 9.13 Å². The van der Waals surface area contributed by atoms with E-state index >= 15 is 4.39 Å². The third-order valence-corrected chi connectivity index (χ3v) is 4.48. The molecule has 5 nitrogen and oxygen atoms in total. The third kappa shape index (κ3) is 3.07. The van der Waals surface area contributed by atoms with E-state index in [-0.39, 0.29) is 11.8 Å². The Kier molecular flexibility index (Phi) is 4.09. The van der Waals surface area contributed by atoms with Gasteiger partial charge in [-0.15, -0.1) is 0 Å². The minimum absolute atomic E-state index is 0.149. The van der Waals surface area contributed by atoms with Crippen LogP contribution < -0.4 is 4.74 Å². The third-order valence-electron chi connectivity index (χ3n) is 4.48. The monoisotopic (exact) mass is 336 g/mol. The van der Waals surface area contributed by atoms with Crippen LogP contribution >= 0.6 is 0 Å². The molecule has 4 rings (SSSR count). The van der Waals surface area contributed by atoms with Crippen LogP contribution in [0.5, 0.6) is 11.8 Å².